The summed E-state index contributed by atoms with van der Waals surface area (Å²) >= 11 is 9.73. The second-order valence-electron chi connectivity index (χ2n) is 6.28. The molecule has 0 amide bonds. The summed E-state index contributed by atoms with van der Waals surface area (Å²) in [6.07, 6.45) is 1.73. The van der Waals surface area contributed by atoms with Crippen molar-refractivity contribution in [2.75, 3.05) is 44.4 Å². The molecule has 0 unspecified atom stereocenters. The fourth-order valence-corrected chi connectivity index (χ4v) is 3.83. The lowest BCUT2D eigenvalue weighted by Gasteiger charge is -2.28. The van der Waals surface area contributed by atoms with E-state index >= 15 is 0 Å². The zero-order valence-corrected chi connectivity index (χ0v) is 18.4. The van der Waals surface area contributed by atoms with Crippen LogP contribution in [-0.4, -0.2) is 51.7 Å². The number of aliphatic imine (C=N–C) groups is 1. The number of anilines is 1. The molecule has 1 heterocycles. The number of ether oxygens (including phenoxy) is 3. The van der Waals surface area contributed by atoms with Gasteiger partial charge < -0.3 is 19.1 Å². The van der Waals surface area contributed by atoms with Gasteiger partial charge in [0.05, 0.1) is 35.0 Å². The normalized spacial score (nSPS) is 14.2. The molecule has 0 spiro atoms. The Bertz CT molecular complexity index is 844. The minimum Gasteiger partial charge on any atom is -0.479 e. The molecule has 0 radical (unpaired) electrons. The Hall–Kier alpha value is -2.09. The minimum atomic E-state index is -0.443. The number of hydrogen-bond donors (Lipinski definition) is 0. The number of carbonyl (C=O) groups is 1. The number of benzene rings is 2. The summed E-state index contributed by atoms with van der Waals surface area (Å²) in [7, 11) is 0. The van der Waals surface area contributed by atoms with Crippen LogP contribution in [0.25, 0.3) is 0 Å². The van der Waals surface area contributed by atoms with Crippen molar-refractivity contribution < 1.29 is 19.0 Å². The van der Waals surface area contributed by atoms with Crippen LogP contribution < -0.4 is 9.64 Å². The topological polar surface area (TPSA) is 60.4 Å². The first-order valence-corrected chi connectivity index (χ1v) is 10.5. The summed E-state index contributed by atoms with van der Waals surface area (Å²) in [5.41, 5.74) is 2.82. The second kappa shape index (κ2) is 10.6. The van der Waals surface area contributed by atoms with Crippen molar-refractivity contribution in [2.24, 2.45) is 4.99 Å². The Kier molecular flexibility index (Phi) is 7.91. The molecule has 1 aliphatic heterocycles. The smallest absolute Gasteiger partial charge is 0.344 e. The third kappa shape index (κ3) is 6.19. The molecule has 0 N–H and O–H groups in total. The molecule has 3 rings (SSSR count). The van der Waals surface area contributed by atoms with Gasteiger partial charge in [0.1, 0.15) is 0 Å². The Labute approximate surface area is 183 Å². The fraction of sp³-hybridized carbons (Fsp3) is 0.333. The van der Waals surface area contributed by atoms with Crippen LogP contribution in [0.2, 0.25) is 5.02 Å². The Morgan fingerprint density at radius 3 is 2.66 bits per heavy atom. The van der Waals surface area contributed by atoms with Gasteiger partial charge in [-0.15, -0.1) is 0 Å². The number of carbonyl (C=O) groups excluding carboxylic acids is 1. The molecular formula is C21H22BrClN2O4. The lowest BCUT2D eigenvalue weighted by molar-refractivity contribution is -0.145. The van der Waals surface area contributed by atoms with Crippen LogP contribution in [0.15, 0.2) is 45.9 Å². The standard InChI is InChI=1S/C21H22BrClN2O4/c1-2-28-20(26)14-29-21-18(22)11-15(12-19(21)23)13-24-16-3-5-17(6-4-16)25-7-9-27-10-8-25/h3-6,11-13H,2,7-10,14H2,1H3. The lowest BCUT2D eigenvalue weighted by atomic mass is 10.2. The van der Waals surface area contributed by atoms with Crippen molar-refractivity contribution in [3.05, 3.63) is 51.5 Å². The van der Waals surface area contributed by atoms with Crippen molar-refractivity contribution in [2.45, 2.75) is 6.92 Å². The maximum absolute atomic E-state index is 11.5. The molecule has 29 heavy (non-hydrogen) atoms. The van der Waals surface area contributed by atoms with Gasteiger partial charge in [-0.05, 0) is 64.8 Å². The molecule has 2 aromatic carbocycles. The second-order valence-corrected chi connectivity index (χ2v) is 7.54. The Balaban J connectivity index is 1.65. The molecular weight excluding hydrogens is 460 g/mol. The first-order valence-electron chi connectivity index (χ1n) is 9.31. The van der Waals surface area contributed by atoms with Crippen molar-refractivity contribution in [3.63, 3.8) is 0 Å². The largest absolute Gasteiger partial charge is 0.479 e. The van der Waals surface area contributed by atoms with Crippen molar-refractivity contribution in [3.8, 4) is 5.75 Å². The van der Waals surface area contributed by atoms with Gasteiger partial charge in [-0.2, -0.15) is 0 Å². The maximum atomic E-state index is 11.5. The van der Waals surface area contributed by atoms with Crippen LogP contribution >= 0.6 is 27.5 Å². The quantitative estimate of drug-likeness (QED) is 0.426. The van der Waals surface area contributed by atoms with E-state index in [1.807, 2.05) is 18.2 Å². The molecule has 0 atom stereocenters. The maximum Gasteiger partial charge on any atom is 0.344 e. The van der Waals surface area contributed by atoms with Gasteiger partial charge in [0, 0.05) is 25.0 Å². The summed E-state index contributed by atoms with van der Waals surface area (Å²) in [5.74, 6) is -0.0478. The van der Waals surface area contributed by atoms with Crippen LogP contribution in [0.3, 0.4) is 0 Å². The summed E-state index contributed by atoms with van der Waals surface area (Å²) in [5, 5.41) is 0.382. The predicted molar refractivity (Wildman–Crippen MR) is 118 cm³/mol. The van der Waals surface area contributed by atoms with Crippen LogP contribution in [-0.2, 0) is 14.3 Å². The highest BCUT2D eigenvalue weighted by Crippen LogP contribution is 2.34. The molecule has 2 aromatic rings. The molecule has 6 nitrogen and oxygen atoms in total. The summed E-state index contributed by atoms with van der Waals surface area (Å²) < 4.78 is 16.3. The van der Waals surface area contributed by atoms with Crippen LogP contribution in [0.5, 0.6) is 5.75 Å². The number of halogens is 2. The predicted octanol–water partition coefficient (Wildman–Crippen LogP) is 4.63. The first kappa shape index (κ1) is 21.6. The molecule has 0 bridgehead atoms. The van der Waals surface area contributed by atoms with E-state index < -0.39 is 5.97 Å². The van der Waals surface area contributed by atoms with Gasteiger partial charge >= 0.3 is 5.97 Å². The van der Waals surface area contributed by atoms with Gasteiger partial charge in [0.15, 0.2) is 12.4 Å². The third-order valence-corrected chi connectivity index (χ3v) is 5.12. The van der Waals surface area contributed by atoms with E-state index in [1.165, 1.54) is 5.69 Å². The monoisotopic (exact) mass is 480 g/mol. The molecule has 1 fully saturated rings. The molecule has 8 heteroatoms. The fourth-order valence-electron chi connectivity index (χ4n) is 2.85. The minimum absolute atomic E-state index is 0.199. The number of hydrogen-bond acceptors (Lipinski definition) is 6. The summed E-state index contributed by atoms with van der Waals surface area (Å²) in [4.78, 5) is 18.3. The van der Waals surface area contributed by atoms with Crippen molar-refractivity contribution in [1.82, 2.24) is 0 Å². The number of esters is 1. The average molecular weight is 482 g/mol. The van der Waals surface area contributed by atoms with Gasteiger partial charge in [-0.1, -0.05) is 11.6 Å². The van der Waals surface area contributed by atoms with E-state index in [9.17, 15) is 4.79 Å². The van der Waals surface area contributed by atoms with E-state index in [-0.39, 0.29) is 6.61 Å². The van der Waals surface area contributed by atoms with E-state index in [4.69, 9.17) is 25.8 Å². The molecule has 1 saturated heterocycles. The van der Waals surface area contributed by atoms with Crippen LogP contribution in [0.1, 0.15) is 12.5 Å². The third-order valence-electron chi connectivity index (χ3n) is 4.25. The highest BCUT2D eigenvalue weighted by molar-refractivity contribution is 9.10. The molecule has 0 saturated carbocycles. The van der Waals surface area contributed by atoms with Crippen LogP contribution in [0.4, 0.5) is 11.4 Å². The molecule has 154 valence electrons. The first-order chi connectivity index (χ1) is 14.1. The molecule has 0 aliphatic carbocycles. The Morgan fingerprint density at radius 2 is 2.00 bits per heavy atom. The highest BCUT2D eigenvalue weighted by Gasteiger charge is 2.12. The van der Waals surface area contributed by atoms with Crippen molar-refractivity contribution in [1.29, 1.82) is 0 Å². The van der Waals surface area contributed by atoms with Gasteiger partial charge in [-0.25, -0.2) is 4.79 Å². The van der Waals surface area contributed by atoms with E-state index in [0.717, 1.165) is 37.6 Å². The average Bonchev–Trinajstić information content (AvgIpc) is 2.73. The van der Waals surface area contributed by atoms with Crippen LogP contribution in [0, 0.1) is 0 Å². The zero-order chi connectivity index (χ0) is 20.6. The molecule has 1 aliphatic rings. The van der Waals surface area contributed by atoms with E-state index in [0.29, 0.717) is 21.9 Å². The SMILES string of the molecule is CCOC(=O)COc1c(Cl)cc(C=Nc2ccc(N3CCOCC3)cc2)cc1Br. The zero-order valence-electron chi connectivity index (χ0n) is 16.1. The van der Waals surface area contributed by atoms with Gasteiger partial charge in [0.25, 0.3) is 0 Å². The summed E-state index contributed by atoms with van der Waals surface area (Å²) in [6, 6.07) is 11.7. The van der Waals surface area contributed by atoms with E-state index in [1.54, 1.807) is 19.2 Å². The van der Waals surface area contributed by atoms with Gasteiger partial charge in [0.2, 0.25) is 0 Å². The summed E-state index contributed by atoms with van der Waals surface area (Å²) in [6.45, 7) is 5.17. The lowest BCUT2D eigenvalue weighted by Crippen LogP contribution is -2.36. The number of rotatable bonds is 7. The van der Waals surface area contributed by atoms with Gasteiger partial charge in [-0.3, -0.25) is 4.99 Å². The Morgan fingerprint density at radius 1 is 1.28 bits per heavy atom. The van der Waals surface area contributed by atoms with Crippen molar-refractivity contribution >= 4 is 51.1 Å². The van der Waals surface area contributed by atoms with E-state index in [2.05, 4.69) is 38.0 Å². The number of nitrogens with zero attached hydrogens (tertiary/aromatic N) is 2. The highest BCUT2D eigenvalue weighted by atomic mass is 79.9. The molecule has 0 aromatic heterocycles. The number of morpholine rings is 1.